The van der Waals surface area contributed by atoms with E-state index in [0.717, 1.165) is 5.69 Å². The van der Waals surface area contributed by atoms with E-state index in [9.17, 15) is 9.59 Å². The van der Waals surface area contributed by atoms with Gasteiger partial charge in [0.1, 0.15) is 11.3 Å². The van der Waals surface area contributed by atoms with E-state index in [0.29, 0.717) is 17.8 Å². The van der Waals surface area contributed by atoms with Crippen LogP contribution in [-0.2, 0) is 4.79 Å². The van der Waals surface area contributed by atoms with Gasteiger partial charge in [0.25, 0.3) is 5.91 Å². The van der Waals surface area contributed by atoms with Crippen LogP contribution in [0.2, 0.25) is 0 Å². The van der Waals surface area contributed by atoms with Crippen LogP contribution in [0.1, 0.15) is 29.5 Å². The molecule has 0 saturated heterocycles. The molecule has 0 aliphatic heterocycles. The van der Waals surface area contributed by atoms with Crippen LogP contribution < -0.4 is 5.32 Å². The summed E-state index contributed by atoms with van der Waals surface area (Å²) in [5.41, 5.74) is 1.96. The largest absolute Gasteiger partial charge is 0.481 e. The number of carbonyl (C=O) groups excluding carboxylic acids is 1. The third kappa shape index (κ3) is 2.79. The van der Waals surface area contributed by atoms with E-state index < -0.39 is 11.9 Å². The van der Waals surface area contributed by atoms with Crippen LogP contribution in [0.5, 0.6) is 0 Å². The average Bonchev–Trinajstić information content (AvgIpc) is 2.84. The van der Waals surface area contributed by atoms with Crippen LogP contribution in [0, 0.1) is 12.8 Å². The van der Waals surface area contributed by atoms with E-state index in [1.165, 1.54) is 0 Å². The molecule has 0 aromatic carbocycles. The lowest BCUT2D eigenvalue weighted by Gasteiger charge is -2.09. The average molecular weight is 275 g/mol. The van der Waals surface area contributed by atoms with E-state index in [-0.39, 0.29) is 12.5 Å². The molecule has 1 unspecified atom stereocenters. The minimum Gasteiger partial charge on any atom is -0.481 e. The van der Waals surface area contributed by atoms with Gasteiger partial charge in [0.15, 0.2) is 0 Å². The molecule has 1 atom stereocenters. The molecule has 0 spiro atoms. The van der Waals surface area contributed by atoms with Crippen molar-refractivity contribution in [1.29, 1.82) is 0 Å². The van der Waals surface area contributed by atoms with Crippen molar-refractivity contribution in [3.63, 3.8) is 0 Å². The van der Waals surface area contributed by atoms with E-state index in [1.807, 2.05) is 29.5 Å². The number of nitrogens with zero attached hydrogens (tertiary/aromatic N) is 2. The maximum Gasteiger partial charge on any atom is 0.308 e. The number of imidazole rings is 1. The molecule has 20 heavy (non-hydrogen) atoms. The standard InChI is InChI=1S/C14H17N3O3/c1-3-10(14(19)20)7-15-13(18)11-8-17-9(2)5-4-6-12(17)16-11/h4-6,8,10H,3,7H2,1-2H3,(H,15,18)(H,19,20). The number of rotatable bonds is 5. The predicted octanol–water partition coefficient (Wildman–Crippen LogP) is 1.48. The Morgan fingerprint density at radius 1 is 1.45 bits per heavy atom. The summed E-state index contributed by atoms with van der Waals surface area (Å²) in [5.74, 6) is -1.83. The van der Waals surface area contributed by atoms with Crippen LogP contribution in [0.25, 0.3) is 5.65 Å². The Balaban J connectivity index is 2.12. The fourth-order valence-corrected chi connectivity index (χ4v) is 1.97. The number of hydrogen-bond donors (Lipinski definition) is 2. The number of aryl methyl sites for hydroxylation is 1. The molecule has 2 aromatic rings. The highest BCUT2D eigenvalue weighted by Gasteiger charge is 2.17. The number of fused-ring (bicyclic) bond motifs is 1. The molecule has 6 heteroatoms. The zero-order valence-corrected chi connectivity index (χ0v) is 11.5. The second kappa shape index (κ2) is 5.73. The molecule has 2 aromatic heterocycles. The van der Waals surface area contributed by atoms with Gasteiger partial charge in [-0.05, 0) is 25.5 Å². The van der Waals surface area contributed by atoms with Gasteiger partial charge in [-0.15, -0.1) is 0 Å². The molecule has 0 bridgehead atoms. The molecule has 0 aliphatic carbocycles. The van der Waals surface area contributed by atoms with Crippen LogP contribution in [0.4, 0.5) is 0 Å². The maximum atomic E-state index is 12.0. The number of carbonyl (C=O) groups is 2. The Morgan fingerprint density at radius 2 is 2.20 bits per heavy atom. The van der Waals surface area contributed by atoms with Crippen molar-refractivity contribution >= 4 is 17.5 Å². The molecule has 0 radical (unpaired) electrons. The third-order valence-electron chi connectivity index (χ3n) is 3.28. The number of hydrogen-bond acceptors (Lipinski definition) is 3. The Morgan fingerprint density at radius 3 is 2.80 bits per heavy atom. The van der Waals surface area contributed by atoms with Gasteiger partial charge in [-0.1, -0.05) is 13.0 Å². The van der Waals surface area contributed by atoms with Crippen molar-refractivity contribution in [2.24, 2.45) is 5.92 Å². The van der Waals surface area contributed by atoms with Gasteiger partial charge in [-0.3, -0.25) is 9.59 Å². The highest BCUT2D eigenvalue weighted by atomic mass is 16.4. The molecule has 2 heterocycles. The van der Waals surface area contributed by atoms with Crippen LogP contribution in [0.3, 0.4) is 0 Å². The predicted molar refractivity (Wildman–Crippen MR) is 73.7 cm³/mol. The van der Waals surface area contributed by atoms with Gasteiger partial charge in [0.2, 0.25) is 0 Å². The Hall–Kier alpha value is -2.37. The number of carboxylic acids is 1. The Bertz CT molecular complexity index is 648. The van der Waals surface area contributed by atoms with Gasteiger partial charge in [-0.2, -0.15) is 0 Å². The van der Waals surface area contributed by atoms with Gasteiger partial charge in [0.05, 0.1) is 5.92 Å². The number of pyridine rings is 1. The van der Waals surface area contributed by atoms with Crippen molar-refractivity contribution in [1.82, 2.24) is 14.7 Å². The molecule has 6 nitrogen and oxygen atoms in total. The van der Waals surface area contributed by atoms with E-state index >= 15 is 0 Å². The number of aromatic nitrogens is 2. The van der Waals surface area contributed by atoms with Crippen molar-refractivity contribution < 1.29 is 14.7 Å². The van der Waals surface area contributed by atoms with Crippen LogP contribution >= 0.6 is 0 Å². The molecule has 106 valence electrons. The lowest BCUT2D eigenvalue weighted by molar-refractivity contribution is -0.141. The normalized spacial score (nSPS) is 12.3. The van der Waals surface area contributed by atoms with Crippen molar-refractivity contribution in [3.8, 4) is 0 Å². The van der Waals surface area contributed by atoms with Crippen LogP contribution in [-0.4, -0.2) is 32.9 Å². The molecule has 1 amide bonds. The van der Waals surface area contributed by atoms with Gasteiger partial charge in [0, 0.05) is 18.4 Å². The molecule has 0 aliphatic rings. The van der Waals surface area contributed by atoms with E-state index in [1.54, 1.807) is 13.1 Å². The Labute approximate surface area is 116 Å². The Kier molecular flexibility index (Phi) is 4.02. The first-order valence-corrected chi connectivity index (χ1v) is 6.48. The lowest BCUT2D eigenvalue weighted by Crippen LogP contribution is -2.32. The van der Waals surface area contributed by atoms with Gasteiger partial charge >= 0.3 is 5.97 Å². The topological polar surface area (TPSA) is 83.7 Å². The summed E-state index contributed by atoms with van der Waals surface area (Å²) in [5, 5.41) is 11.6. The number of nitrogens with one attached hydrogen (secondary N) is 1. The zero-order valence-electron chi connectivity index (χ0n) is 11.5. The molecule has 2 N–H and O–H groups in total. The minimum atomic E-state index is -0.904. The highest BCUT2D eigenvalue weighted by molar-refractivity contribution is 5.93. The minimum absolute atomic E-state index is 0.109. The fourth-order valence-electron chi connectivity index (χ4n) is 1.97. The summed E-state index contributed by atoms with van der Waals surface area (Å²) >= 11 is 0. The van der Waals surface area contributed by atoms with E-state index in [2.05, 4.69) is 10.3 Å². The molecular weight excluding hydrogens is 258 g/mol. The lowest BCUT2D eigenvalue weighted by atomic mass is 10.1. The van der Waals surface area contributed by atoms with Crippen molar-refractivity contribution in [2.75, 3.05) is 6.54 Å². The third-order valence-corrected chi connectivity index (χ3v) is 3.28. The smallest absolute Gasteiger partial charge is 0.308 e. The van der Waals surface area contributed by atoms with Crippen molar-refractivity contribution in [2.45, 2.75) is 20.3 Å². The van der Waals surface area contributed by atoms with Crippen LogP contribution in [0.15, 0.2) is 24.4 Å². The summed E-state index contributed by atoms with van der Waals surface area (Å²) in [4.78, 5) is 27.1. The first-order valence-electron chi connectivity index (χ1n) is 6.48. The zero-order chi connectivity index (χ0) is 14.7. The molecule has 0 fully saturated rings. The van der Waals surface area contributed by atoms with E-state index in [4.69, 9.17) is 5.11 Å². The summed E-state index contributed by atoms with van der Waals surface area (Å²) in [6, 6.07) is 5.61. The SMILES string of the molecule is CCC(CNC(=O)c1cn2c(C)cccc2n1)C(=O)O. The summed E-state index contributed by atoms with van der Waals surface area (Å²) in [6.45, 7) is 3.81. The van der Waals surface area contributed by atoms with Gasteiger partial charge < -0.3 is 14.8 Å². The van der Waals surface area contributed by atoms with Crippen molar-refractivity contribution in [3.05, 3.63) is 35.8 Å². The second-order valence-corrected chi connectivity index (χ2v) is 4.67. The summed E-state index contributed by atoms with van der Waals surface area (Å²) < 4.78 is 1.82. The van der Waals surface area contributed by atoms with Gasteiger partial charge in [-0.25, -0.2) is 4.98 Å². The summed E-state index contributed by atoms with van der Waals surface area (Å²) in [7, 11) is 0. The monoisotopic (exact) mass is 275 g/mol. The first-order chi connectivity index (χ1) is 9.52. The quantitative estimate of drug-likeness (QED) is 0.865. The number of aliphatic carboxylic acids is 1. The first kappa shape index (κ1) is 14.0. The number of carboxylic acid groups (broad SMARTS) is 1. The maximum absolute atomic E-state index is 12.0. The molecule has 2 rings (SSSR count). The molecule has 0 saturated carbocycles. The number of amides is 1. The fraction of sp³-hybridized carbons (Fsp3) is 0.357. The molecular formula is C14H17N3O3. The summed E-state index contributed by atoms with van der Waals surface area (Å²) in [6.07, 6.45) is 2.13. The highest BCUT2D eigenvalue weighted by Crippen LogP contribution is 2.08. The second-order valence-electron chi connectivity index (χ2n) is 4.67.